The van der Waals surface area contributed by atoms with Crippen molar-refractivity contribution in [2.75, 3.05) is 0 Å². The molecule has 0 spiro atoms. The van der Waals surface area contributed by atoms with Crippen LogP contribution >= 0.6 is 11.6 Å². The van der Waals surface area contributed by atoms with E-state index < -0.39 is 0 Å². The van der Waals surface area contributed by atoms with Crippen molar-refractivity contribution in [2.45, 2.75) is 121 Å². The summed E-state index contributed by atoms with van der Waals surface area (Å²) in [7, 11) is 0. The van der Waals surface area contributed by atoms with Gasteiger partial charge in [0.05, 0.1) is 0 Å². The molecular weight excluding hydrogens is 406 g/mol. The largest absolute Gasteiger partial charge is 0.349 e. The Morgan fingerprint density at radius 2 is 1.39 bits per heavy atom. The molecule has 174 valence electrons. The summed E-state index contributed by atoms with van der Waals surface area (Å²) in [4.78, 5) is 13.5. The van der Waals surface area contributed by atoms with Gasteiger partial charge in [0.1, 0.15) is 0 Å². The van der Waals surface area contributed by atoms with Crippen molar-refractivity contribution in [2.24, 2.45) is 0 Å². The van der Waals surface area contributed by atoms with E-state index in [1.54, 1.807) is 0 Å². The second kappa shape index (κ2) is 8.35. The Balaban J connectivity index is 1.90. The van der Waals surface area contributed by atoms with Crippen LogP contribution in [0.5, 0.6) is 0 Å². The summed E-state index contributed by atoms with van der Waals surface area (Å²) in [5.41, 5.74) is 3.04. The van der Waals surface area contributed by atoms with E-state index in [0.717, 1.165) is 42.4 Å². The lowest BCUT2D eigenvalue weighted by Crippen LogP contribution is -2.62. The predicted molar refractivity (Wildman–Crippen MR) is 131 cm³/mol. The third-order valence-corrected chi connectivity index (χ3v) is 6.98. The maximum absolute atomic E-state index is 13.5. The average molecular weight is 448 g/mol. The van der Waals surface area contributed by atoms with E-state index in [1.165, 1.54) is 0 Å². The molecule has 1 aromatic rings. The summed E-state index contributed by atoms with van der Waals surface area (Å²) in [6.45, 7) is 17.9. The van der Waals surface area contributed by atoms with Gasteiger partial charge < -0.3 is 16.0 Å². The minimum absolute atomic E-state index is 0.00586. The molecule has 2 aliphatic rings. The summed E-state index contributed by atoms with van der Waals surface area (Å²) >= 11 is 6.18. The smallest absolute Gasteiger partial charge is 0.251 e. The van der Waals surface area contributed by atoms with Gasteiger partial charge in [0.25, 0.3) is 5.91 Å². The van der Waals surface area contributed by atoms with Crippen LogP contribution in [0.1, 0.15) is 108 Å². The Kier molecular flexibility index (Phi) is 6.61. The first-order valence-electron chi connectivity index (χ1n) is 11.7. The molecule has 0 unspecified atom stereocenters. The Labute approximate surface area is 194 Å². The molecule has 0 saturated carbocycles. The number of rotatable bonds is 4. The molecule has 31 heavy (non-hydrogen) atoms. The lowest BCUT2D eigenvalue weighted by molar-refractivity contribution is 0.0869. The molecule has 2 heterocycles. The van der Waals surface area contributed by atoms with E-state index in [9.17, 15) is 4.79 Å². The quantitative estimate of drug-likeness (QED) is 0.535. The van der Waals surface area contributed by atoms with Crippen LogP contribution in [-0.2, 0) is 5.88 Å². The third-order valence-electron chi connectivity index (χ3n) is 6.67. The van der Waals surface area contributed by atoms with E-state index in [2.05, 4.69) is 77.4 Å². The van der Waals surface area contributed by atoms with Gasteiger partial charge in [0.2, 0.25) is 0 Å². The predicted octanol–water partition coefficient (Wildman–Crippen LogP) is 5.49. The molecule has 0 atom stereocenters. The summed E-state index contributed by atoms with van der Waals surface area (Å²) < 4.78 is 0. The number of nitrogens with one attached hydrogen (secondary N) is 3. The first kappa shape index (κ1) is 24.5. The van der Waals surface area contributed by atoms with Gasteiger partial charge in [0, 0.05) is 39.6 Å². The summed E-state index contributed by atoms with van der Waals surface area (Å²) in [6.07, 6.45) is 3.83. The molecule has 3 N–H and O–H groups in total. The van der Waals surface area contributed by atoms with E-state index >= 15 is 0 Å². The van der Waals surface area contributed by atoms with Crippen LogP contribution in [0.3, 0.4) is 0 Å². The summed E-state index contributed by atoms with van der Waals surface area (Å²) in [6, 6.07) is 6.31. The van der Waals surface area contributed by atoms with E-state index in [4.69, 9.17) is 11.6 Å². The highest BCUT2D eigenvalue weighted by Crippen LogP contribution is 2.41. The first-order chi connectivity index (χ1) is 14.1. The normalized spacial score (nSPS) is 25.2. The SMILES string of the molecule is CC1(C)CC(NC(=O)c2ccc(CCl)cc2C2CC(C)(C)NC(C)(C)C2)CC(C)(C)N1. The molecule has 1 amide bonds. The molecule has 0 aromatic heterocycles. The number of piperidine rings is 2. The van der Waals surface area contributed by atoms with Crippen LogP contribution < -0.4 is 16.0 Å². The number of hydrogen-bond donors (Lipinski definition) is 3. The highest BCUT2D eigenvalue weighted by Gasteiger charge is 2.41. The zero-order valence-electron chi connectivity index (χ0n) is 20.7. The lowest BCUT2D eigenvalue weighted by atomic mass is 9.72. The summed E-state index contributed by atoms with van der Waals surface area (Å²) in [5, 5.41) is 10.8. The number of amides is 1. The maximum Gasteiger partial charge on any atom is 0.251 e. The molecule has 4 nitrogen and oxygen atoms in total. The Bertz CT molecular complexity index is 796. The number of alkyl halides is 1. The molecule has 1 aromatic carbocycles. The minimum atomic E-state index is -0.00586. The van der Waals surface area contributed by atoms with Gasteiger partial charge in [-0.15, -0.1) is 11.6 Å². The highest BCUT2D eigenvalue weighted by molar-refractivity contribution is 6.17. The zero-order chi connectivity index (χ0) is 23.2. The van der Waals surface area contributed by atoms with Crippen LogP contribution in [0.4, 0.5) is 0 Å². The van der Waals surface area contributed by atoms with Crippen molar-refractivity contribution in [3.63, 3.8) is 0 Å². The van der Waals surface area contributed by atoms with Gasteiger partial charge in [-0.25, -0.2) is 0 Å². The minimum Gasteiger partial charge on any atom is -0.349 e. The number of benzene rings is 1. The van der Waals surface area contributed by atoms with Crippen molar-refractivity contribution in [3.8, 4) is 0 Å². The Morgan fingerprint density at radius 3 is 1.87 bits per heavy atom. The zero-order valence-corrected chi connectivity index (χ0v) is 21.5. The molecular formula is C26H42ClN3O. The second-order valence-electron chi connectivity index (χ2n) is 12.5. The fourth-order valence-electron chi connectivity index (χ4n) is 6.47. The third kappa shape index (κ3) is 6.24. The molecule has 2 saturated heterocycles. The molecule has 3 rings (SSSR count). The van der Waals surface area contributed by atoms with Crippen LogP contribution in [0.2, 0.25) is 0 Å². The topological polar surface area (TPSA) is 53.2 Å². The van der Waals surface area contributed by atoms with Gasteiger partial charge in [-0.2, -0.15) is 0 Å². The van der Waals surface area contributed by atoms with Gasteiger partial charge >= 0.3 is 0 Å². The average Bonchev–Trinajstić information content (AvgIpc) is 2.55. The lowest BCUT2D eigenvalue weighted by Gasteiger charge is -2.47. The van der Waals surface area contributed by atoms with Crippen LogP contribution in [-0.4, -0.2) is 34.1 Å². The van der Waals surface area contributed by atoms with Crippen LogP contribution in [0, 0.1) is 0 Å². The maximum atomic E-state index is 13.5. The molecule has 0 aliphatic carbocycles. The Morgan fingerprint density at radius 1 is 0.903 bits per heavy atom. The number of halogens is 1. The van der Waals surface area contributed by atoms with Crippen LogP contribution in [0.15, 0.2) is 18.2 Å². The molecule has 5 heteroatoms. The van der Waals surface area contributed by atoms with Crippen molar-refractivity contribution < 1.29 is 4.79 Å². The van der Waals surface area contributed by atoms with Crippen molar-refractivity contribution >= 4 is 17.5 Å². The number of carbonyl (C=O) groups is 1. The van der Waals surface area contributed by atoms with Gasteiger partial charge in [-0.05, 0) is 104 Å². The summed E-state index contributed by atoms with van der Waals surface area (Å²) in [5.74, 6) is 0.823. The Hall–Kier alpha value is -1.10. The van der Waals surface area contributed by atoms with E-state index in [1.807, 2.05) is 12.1 Å². The molecule has 2 aliphatic heterocycles. The highest BCUT2D eigenvalue weighted by atomic mass is 35.5. The molecule has 0 radical (unpaired) electrons. The van der Waals surface area contributed by atoms with Crippen molar-refractivity contribution in [1.82, 2.24) is 16.0 Å². The fourth-order valence-corrected chi connectivity index (χ4v) is 6.64. The van der Waals surface area contributed by atoms with Gasteiger partial charge in [0.15, 0.2) is 0 Å². The van der Waals surface area contributed by atoms with E-state index in [0.29, 0.717) is 11.8 Å². The second-order valence-corrected chi connectivity index (χ2v) is 12.8. The van der Waals surface area contributed by atoms with Crippen molar-refractivity contribution in [1.29, 1.82) is 0 Å². The monoisotopic (exact) mass is 447 g/mol. The first-order valence-corrected chi connectivity index (χ1v) is 12.2. The van der Waals surface area contributed by atoms with Gasteiger partial charge in [-0.3, -0.25) is 4.79 Å². The molecule has 0 bridgehead atoms. The fraction of sp³-hybridized carbons (Fsp3) is 0.731. The van der Waals surface area contributed by atoms with Gasteiger partial charge in [-0.1, -0.05) is 12.1 Å². The van der Waals surface area contributed by atoms with Crippen LogP contribution in [0.25, 0.3) is 0 Å². The van der Waals surface area contributed by atoms with E-state index in [-0.39, 0.29) is 34.1 Å². The van der Waals surface area contributed by atoms with Crippen molar-refractivity contribution in [3.05, 3.63) is 34.9 Å². The molecule has 2 fully saturated rings. The number of carbonyl (C=O) groups excluding carboxylic acids is 1. The number of hydrogen-bond acceptors (Lipinski definition) is 3. The standard InChI is InChI=1S/C26H42ClN3O/c1-23(2)12-18(13-24(3,4)29-23)21-11-17(16-27)9-10-20(21)22(31)28-19-14-25(5,6)30-26(7,8)15-19/h9-11,18-19,29-30H,12-16H2,1-8H3,(H,28,31).